The lowest BCUT2D eigenvalue weighted by molar-refractivity contribution is 0.297. The van der Waals surface area contributed by atoms with Crippen LogP contribution in [0.25, 0.3) is 0 Å². The van der Waals surface area contributed by atoms with Gasteiger partial charge in [-0.15, -0.1) is 0 Å². The molecule has 0 radical (unpaired) electrons. The fraction of sp³-hybridized carbons (Fsp3) is 1.00. The van der Waals surface area contributed by atoms with Crippen LogP contribution in [0.2, 0.25) is 0 Å². The van der Waals surface area contributed by atoms with Crippen LogP contribution in [0.1, 0.15) is 0 Å². The van der Waals surface area contributed by atoms with Crippen molar-refractivity contribution in [2.45, 2.75) is 12.5 Å². The molecule has 1 N–H and O–H groups in total. The molecule has 6 heavy (non-hydrogen) atoms. The van der Waals surface area contributed by atoms with Crippen molar-refractivity contribution in [2.24, 2.45) is 0 Å². The normalized spacial score (nSPS) is 50.7. The molecule has 0 aromatic rings. The fourth-order valence-corrected chi connectivity index (χ4v) is 1.48. The highest BCUT2D eigenvalue weighted by Gasteiger charge is 2.43. The fourth-order valence-electron chi connectivity index (χ4n) is 0.563. The third-order valence-corrected chi connectivity index (χ3v) is 1.98. The predicted octanol–water partition coefficient (Wildman–Crippen LogP) is -1.44. The zero-order chi connectivity index (χ0) is 3.98. The Morgan fingerprint density at radius 1 is 1.33 bits per heavy atom. The van der Waals surface area contributed by atoms with Crippen LogP contribution in [0.15, 0.2) is 0 Å². The van der Waals surface area contributed by atoms with Gasteiger partial charge in [-0.3, -0.25) is 5.32 Å². The van der Waals surface area contributed by atoms with E-state index in [1.165, 1.54) is 0 Å². The van der Waals surface area contributed by atoms with Gasteiger partial charge in [0, 0.05) is 0 Å². The molecule has 0 aromatic carbocycles. The van der Waals surface area contributed by atoms with Crippen LogP contribution in [0.4, 0.5) is 0 Å². The van der Waals surface area contributed by atoms with Crippen molar-refractivity contribution in [3.8, 4) is 0 Å². The largest absolute Gasteiger partial charge is 0.652 e. The van der Waals surface area contributed by atoms with E-state index in [0.717, 1.165) is 0 Å². The molecule has 2 atom stereocenters. The molecule has 2 fully saturated rings. The highest BCUT2D eigenvalue weighted by atomic mass is 27.2. The summed E-state index contributed by atoms with van der Waals surface area (Å²) in [5.74, 6) is 0. The molecule has 0 spiro atoms. The Morgan fingerprint density at radius 2 is 2.00 bits per heavy atom. The summed E-state index contributed by atoms with van der Waals surface area (Å²) >= 11 is -0.517. The summed E-state index contributed by atoms with van der Waals surface area (Å²) in [6.45, 7) is 0. The van der Waals surface area contributed by atoms with E-state index in [4.69, 9.17) is 7.58 Å². The first kappa shape index (κ1) is 3.42. The average Bonchev–Trinajstić information content (AvgIpc) is 2.17. The van der Waals surface area contributed by atoms with Crippen molar-refractivity contribution in [2.75, 3.05) is 0 Å². The summed E-state index contributed by atoms with van der Waals surface area (Å²) in [5.41, 5.74) is 0. The van der Waals surface area contributed by atoms with Gasteiger partial charge in [0.05, 0.1) is 0 Å². The van der Waals surface area contributed by atoms with Gasteiger partial charge < -0.3 is 7.58 Å². The van der Waals surface area contributed by atoms with Crippen molar-refractivity contribution in [1.29, 1.82) is 0 Å². The van der Waals surface area contributed by atoms with Crippen LogP contribution in [0.3, 0.4) is 0 Å². The maximum atomic E-state index is 5.03. The number of fused-ring (bicyclic) bond motifs is 1. The quantitative estimate of drug-likeness (QED) is 0.300. The van der Waals surface area contributed by atoms with E-state index in [9.17, 15) is 0 Å². The second kappa shape index (κ2) is 0.972. The van der Waals surface area contributed by atoms with Crippen LogP contribution in [0, 0.1) is 0 Å². The molecule has 0 aliphatic carbocycles. The van der Waals surface area contributed by atoms with Gasteiger partial charge >= 0.3 is 15.9 Å². The lowest BCUT2D eigenvalue weighted by Gasteiger charge is -1.85. The molecule has 2 aliphatic heterocycles. The van der Waals surface area contributed by atoms with Gasteiger partial charge in [0.2, 0.25) is 0 Å². The van der Waals surface area contributed by atoms with E-state index in [0.29, 0.717) is 12.5 Å². The summed E-state index contributed by atoms with van der Waals surface area (Å²) < 4.78 is 10.1. The minimum absolute atomic E-state index is 0.302. The van der Waals surface area contributed by atoms with Crippen LogP contribution < -0.4 is 5.32 Å². The maximum Gasteiger partial charge on any atom is 0.652 e. The molecule has 2 heterocycles. The lowest BCUT2D eigenvalue weighted by atomic mass is 10.8. The van der Waals surface area contributed by atoms with Crippen molar-refractivity contribution >= 4 is 15.9 Å². The molecule has 0 saturated carbocycles. The monoisotopic (exact) mass is 101 g/mol. The molecule has 2 unspecified atom stereocenters. The van der Waals surface area contributed by atoms with Gasteiger partial charge in [0.1, 0.15) is 12.5 Å². The SMILES string of the molecule is N1C2[O][AlH][O]C12. The molecule has 32 valence electrons. The Morgan fingerprint density at radius 3 is 2.17 bits per heavy atom. The molecular weight excluding hydrogens is 97.0 g/mol. The minimum Gasteiger partial charge on any atom is -0.464 e. The molecular formula is C2H4AlNO2. The average molecular weight is 101 g/mol. The van der Waals surface area contributed by atoms with E-state index < -0.39 is 15.9 Å². The molecule has 2 rings (SSSR count). The van der Waals surface area contributed by atoms with Crippen molar-refractivity contribution < 1.29 is 7.58 Å². The standard InChI is InChI=1S/C2H3NO2.Al.H/c4-1-2(5)3-1;;/h1-3H;;/q-2;+2;. The lowest BCUT2D eigenvalue weighted by Crippen LogP contribution is -2.03. The zero-order valence-electron chi connectivity index (χ0n) is 3.18. The van der Waals surface area contributed by atoms with Gasteiger partial charge in [-0.1, -0.05) is 0 Å². The first-order chi connectivity index (χ1) is 2.97. The second-order valence-corrected chi connectivity index (χ2v) is 2.36. The molecule has 3 nitrogen and oxygen atoms in total. The number of hydrogen-bond acceptors (Lipinski definition) is 3. The summed E-state index contributed by atoms with van der Waals surface area (Å²) in [6, 6.07) is 0. The van der Waals surface area contributed by atoms with Gasteiger partial charge in [-0.05, 0) is 0 Å². The molecule has 0 amide bonds. The Labute approximate surface area is 42.0 Å². The van der Waals surface area contributed by atoms with Crippen molar-refractivity contribution in [1.82, 2.24) is 5.32 Å². The molecule has 2 saturated heterocycles. The molecule has 0 aromatic heterocycles. The highest BCUT2D eigenvalue weighted by Crippen LogP contribution is 2.18. The summed E-state index contributed by atoms with van der Waals surface area (Å²) in [7, 11) is 0. The van der Waals surface area contributed by atoms with Crippen LogP contribution in [-0.4, -0.2) is 28.3 Å². The van der Waals surface area contributed by atoms with Crippen LogP contribution in [0.5, 0.6) is 0 Å². The van der Waals surface area contributed by atoms with Crippen molar-refractivity contribution in [3.05, 3.63) is 0 Å². The maximum absolute atomic E-state index is 5.03. The summed E-state index contributed by atoms with van der Waals surface area (Å²) in [4.78, 5) is 0. The molecule has 4 heteroatoms. The van der Waals surface area contributed by atoms with Crippen molar-refractivity contribution in [3.63, 3.8) is 0 Å². The Balaban J connectivity index is 2.09. The van der Waals surface area contributed by atoms with Gasteiger partial charge in [0.15, 0.2) is 0 Å². The summed E-state index contributed by atoms with van der Waals surface area (Å²) in [6.07, 6.45) is 0.605. The first-order valence-electron chi connectivity index (χ1n) is 1.96. The first-order valence-corrected chi connectivity index (χ1v) is 3.11. The van der Waals surface area contributed by atoms with Crippen LogP contribution in [-0.2, 0) is 7.58 Å². The Kier molecular flexibility index (Phi) is 0.554. The van der Waals surface area contributed by atoms with E-state index in [-0.39, 0.29) is 0 Å². The van der Waals surface area contributed by atoms with E-state index in [2.05, 4.69) is 5.32 Å². The number of rotatable bonds is 0. The third kappa shape index (κ3) is 0.334. The molecule has 2 aliphatic rings. The van der Waals surface area contributed by atoms with Crippen LogP contribution >= 0.6 is 0 Å². The zero-order valence-corrected chi connectivity index (χ0v) is 4.59. The number of hydrogen-bond donors (Lipinski definition) is 1. The third-order valence-electron chi connectivity index (χ3n) is 0.990. The number of nitrogens with one attached hydrogen (secondary N) is 1. The molecule has 0 bridgehead atoms. The van der Waals surface area contributed by atoms with E-state index in [1.54, 1.807) is 0 Å². The van der Waals surface area contributed by atoms with Gasteiger partial charge in [-0.25, -0.2) is 0 Å². The second-order valence-electron chi connectivity index (χ2n) is 1.46. The smallest absolute Gasteiger partial charge is 0.464 e. The minimum atomic E-state index is -0.517. The van der Waals surface area contributed by atoms with Gasteiger partial charge in [0.25, 0.3) is 0 Å². The van der Waals surface area contributed by atoms with E-state index >= 15 is 0 Å². The van der Waals surface area contributed by atoms with E-state index in [1.807, 2.05) is 0 Å². The summed E-state index contributed by atoms with van der Waals surface area (Å²) in [5, 5.41) is 2.96. The topological polar surface area (TPSA) is 40.4 Å². The highest BCUT2D eigenvalue weighted by molar-refractivity contribution is 6.19. The Hall–Kier alpha value is 0.412. The Bertz CT molecular complexity index is 69.9. The van der Waals surface area contributed by atoms with Gasteiger partial charge in [-0.2, -0.15) is 0 Å². The predicted molar refractivity (Wildman–Crippen MR) is 20.0 cm³/mol.